The van der Waals surface area contributed by atoms with Gasteiger partial charge in [0.05, 0.1) is 19.3 Å². The molecule has 0 saturated carbocycles. The van der Waals surface area contributed by atoms with Crippen molar-refractivity contribution in [2.75, 3.05) is 31.8 Å². The van der Waals surface area contributed by atoms with E-state index in [9.17, 15) is 24.3 Å². The summed E-state index contributed by atoms with van der Waals surface area (Å²) in [5, 5.41) is 33.2. The van der Waals surface area contributed by atoms with Gasteiger partial charge in [-0.05, 0) is 18.4 Å². The summed E-state index contributed by atoms with van der Waals surface area (Å²) in [6.45, 7) is -2.23. The third kappa shape index (κ3) is 9.24. The topological polar surface area (TPSA) is 191 Å². The molecule has 0 spiro atoms. The van der Waals surface area contributed by atoms with E-state index >= 15 is 0 Å². The number of carbonyl (C=O) groups is 4. The van der Waals surface area contributed by atoms with Crippen LogP contribution in [-0.4, -0.2) is 88.9 Å². The lowest BCUT2D eigenvalue weighted by Crippen LogP contribution is -2.58. The van der Waals surface area contributed by atoms with Gasteiger partial charge in [-0.1, -0.05) is 0 Å². The first-order chi connectivity index (χ1) is 11.8. The summed E-state index contributed by atoms with van der Waals surface area (Å²) in [4.78, 5) is 45.9. The van der Waals surface area contributed by atoms with Crippen LogP contribution in [0.5, 0.6) is 0 Å². The van der Waals surface area contributed by atoms with Crippen LogP contribution in [0, 0.1) is 0 Å². The Kier molecular flexibility index (Phi) is 11.5. The summed E-state index contributed by atoms with van der Waals surface area (Å²) in [7, 11) is 0. The van der Waals surface area contributed by atoms with Crippen LogP contribution in [-0.2, 0) is 19.2 Å². The summed E-state index contributed by atoms with van der Waals surface area (Å²) < 4.78 is 0. The molecule has 3 unspecified atom stereocenters. The van der Waals surface area contributed by atoms with Crippen molar-refractivity contribution >= 4 is 35.5 Å². The molecule has 0 aliphatic carbocycles. The van der Waals surface area contributed by atoms with Gasteiger partial charge in [0.15, 0.2) is 0 Å². The average Bonchev–Trinajstić information content (AvgIpc) is 2.59. The Morgan fingerprint density at radius 1 is 1.00 bits per heavy atom. The summed E-state index contributed by atoms with van der Waals surface area (Å²) in [5.74, 6) is -3.13. The molecule has 12 heteroatoms. The van der Waals surface area contributed by atoms with E-state index in [1.165, 1.54) is 11.8 Å². The predicted molar refractivity (Wildman–Crippen MR) is 89.7 cm³/mol. The van der Waals surface area contributed by atoms with Crippen molar-refractivity contribution in [1.29, 1.82) is 0 Å². The van der Waals surface area contributed by atoms with Crippen molar-refractivity contribution in [2.45, 2.75) is 24.5 Å². The van der Waals surface area contributed by atoms with Gasteiger partial charge in [-0.3, -0.25) is 19.2 Å². The number of aliphatic carboxylic acids is 1. The number of aliphatic hydroxyl groups is 2. The maximum Gasteiger partial charge on any atom is 0.322 e. The van der Waals surface area contributed by atoms with E-state index < -0.39 is 61.6 Å². The number of carboxylic acid groups (broad SMARTS) is 1. The number of aliphatic hydroxyl groups excluding tert-OH is 2. The zero-order chi connectivity index (χ0) is 19.4. The molecule has 0 rings (SSSR count). The third-order valence-corrected chi connectivity index (χ3v) is 3.66. The van der Waals surface area contributed by atoms with Crippen molar-refractivity contribution in [3.05, 3.63) is 0 Å². The minimum absolute atomic E-state index is 0.379. The molecule has 0 aliphatic rings. The number of hydrogen-bond donors (Lipinski definition) is 7. The smallest absolute Gasteiger partial charge is 0.322 e. The molecule has 3 atom stereocenters. The molecular formula is C13H24N4O7S. The maximum absolute atomic E-state index is 12.0. The highest BCUT2D eigenvalue weighted by Gasteiger charge is 2.27. The van der Waals surface area contributed by atoms with Crippen molar-refractivity contribution in [1.82, 2.24) is 16.0 Å². The molecule has 0 fully saturated rings. The highest BCUT2D eigenvalue weighted by Crippen LogP contribution is 1.99. The number of nitrogens with one attached hydrogen (secondary N) is 3. The molecular weight excluding hydrogens is 356 g/mol. The SMILES string of the molecule is CSCCC(N)C(=O)NC(CO)C(=O)NC(CO)C(=O)NCC(=O)O. The van der Waals surface area contributed by atoms with Gasteiger partial charge in [0.2, 0.25) is 17.7 Å². The molecule has 0 aromatic carbocycles. The van der Waals surface area contributed by atoms with Gasteiger partial charge in [0, 0.05) is 0 Å². The summed E-state index contributed by atoms with van der Waals surface area (Å²) in [6, 6.07) is -3.65. The standard InChI is InChI=1S/C13H24N4O7S/c1-25-3-2-7(14)11(22)16-9(6-19)13(24)17-8(5-18)12(23)15-4-10(20)21/h7-9,18-19H,2-6,14H2,1H3,(H,15,23)(H,16,22)(H,17,24)(H,20,21). The number of amides is 3. The molecule has 0 radical (unpaired) electrons. The first-order valence-electron chi connectivity index (χ1n) is 7.33. The first-order valence-corrected chi connectivity index (χ1v) is 8.72. The summed E-state index contributed by atoms with van der Waals surface area (Å²) in [6.07, 6.45) is 2.22. The summed E-state index contributed by atoms with van der Waals surface area (Å²) >= 11 is 1.50. The predicted octanol–water partition coefficient (Wildman–Crippen LogP) is -3.78. The molecule has 11 nitrogen and oxygen atoms in total. The molecule has 0 aromatic rings. The van der Waals surface area contributed by atoms with Gasteiger partial charge in [-0.2, -0.15) is 11.8 Å². The molecule has 0 saturated heterocycles. The fourth-order valence-electron chi connectivity index (χ4n) is 1.60. The lowest BCUT2D eigenvalue weighted by molar-refractivity contribution is -0.139. The van der Waals surface area contributed by atoms with Crippen LogP contribution in [0.1, 0.15) is 6.42 Å². The van der Waals surface area contributed by atoms with Gasteiger partial charge < -0.3 is 37.0 Å². The fraction of sp³-hybridized carbons (Fsp3) is 0.692. The second kappa shape index (κ2) is 12.5. The Morgan fingerprint density at radius 2 is 1.52 bits per heavy atom. The molecule has 25 heavy (non-hydrogen) atoms. The highest BCUT2D eigenvalue weighted by atomic mass is 32.2. The van der Waals surface area contributed by atoms with Gasteiger partial charge in [0.25, 0.3) is 0 Å². The Labute approximate surface area is 148 Å². The Hall–Kier alpha value is -1.89. The lowest BCUT2D eigenvalue weighted by atomic mass is 10.2. The molecule has 0 aliphatic heterocycles. The van der Waals surface area contributed by atoms with Gasteiger partial charge >= 0.3 is 5.97 Å². The zero-order valence-corrected chi connectivity index (χ0v) is 14.5. The minimum Gasteiger partial charge on any atom is -0.480 e. The largest absolute Gasteiger partial charge is 0.480 e. The van der Waals surface area contributed by atoms with Crippen molar-refractivity contribution in [3.63, 3.8) is 0 Å². The average molecular weight is 380 g/mol. The Balaban J connectivity index is 4.66. The van der Waals surface area contributed by atoms with E-state index in [1.807, 2.05) is 11.6 Å². The minimum atomic E-state index is -1.43. The van der Waals surface area contributed by atoms with Crippen molar-refractivity contribution < 1.29 is 34.5 Å². The van der Waals surface area contributed by atoms with E-state index in [-0.39, 0.29) is 0 Å². The monoisotopic (exact) mass is 380 g/mol. The molecule has 0 aromatic heterocycles. The van der Waals surface area contributed by atoms with Crippen LogP contribution in [0.2, 0.25) is 0 Å². The van der Waals surface area contributed by atoms with Crippen LogP contribution in [0.15, 0.2) is 0 Å². The second-order valence-corrected chi connectivity index (χ2v) is 5.97. The zero-order valence-electron chi connectivity index (χ0n) is 13.7. The lowest BCUT2D eigenvalue weighted by Gasteiger charge is -2.21. The van der Waals surface area contributed by atoms with E-state index in [1.54, 1.807) is 0 Å². The Bertz CT molecular complexity index is 477. The van der Waals surface area contributed by atoms with Crippen LogP contribution in [0.25, 0.3) is 0 Å². The molecule has 8 N–H and O–H groups in total. The fourth-order valence-corrected chi connectivity index (χ4v) is 2.09. The summed E-state index contributed by atoms with van der Waals surface area (Å²) in [5.41, 5.74) is 5.65. The van der Waals surface area contributed by atoms with Crippen LogP contribution >= 0.6 is 11.8 Å². The number of thioether (sulfide) groups is 1. The van der Waals surface area contributed by atoms with E-state index in [0.717, 1.165) is 0 Å². The maximum atomic E-state index is 12.0. The number of carboxylic acids is 1. The van der Waals surface area contributed by atoms with E-state index in [0.29, 0.717) is 12.2 Å². The van der Waals surface area contributed by atoms with Crippen molar-refractivity contribution in [3.8, 4) is 0 Å². The van der Waals surface area contributed by atoms with Gasteiger partial charge in [-0.15, -0.1) is 0 Å². The number of carbonyl (C=O) groups excluding carboxylic acids is 3. The van der Waals surface area contributed by atoms with Gasteiger partial charge in [-0.25, -0.2) is 0 Å². The third-order valence-electron chi connectivity index (χ3n) is 3.01. The quantitative estimate of drug-likeness (QED) is 0.178. The van der Waals surface area contributed by atoms with Crippen LogP contribution in [0.3, 0.4) is 0 Å². The molecule has 3 amide bonds. The van der Waals surface area contributed by atoms with Gasteiger partial charge in [0.1, 0.15) is 18.6 Å². The van der Waals surface area contributed by atoms with Crippen LogP contribution < -0.4 is 21.7 Å². The molecule has 0 bridgehead atoms. The normalized spacial score (nSPS) is 14.1. The number of rotatable bonds is 12. The Morgan fingerprint density at radius 3 is 2.00 bits per heavy atom. The van der Waals surface area contributed by atoms with E-state index in [4.69, 9.17) is 15.9 Å². The second-order valence-electron chi connectivity index (χ2n) is 4.99. The molecule has 0 heterocycles. The number of hydrogen-bond acceptors (Lipinski definition) is 8. The molecule has 144 valence electrons. The number of nitrogens with two attached hydrogens (primary N) is 1. The first kappa shape index (κ1) is 23.1. The van der Waals surface area contributed by atoms with E-state index in [2.05, 4.69) is 10.6 Å². The van der Waals surface area contributed by atoms with Crippen molar-refractivity contribution in [2.24, 2.45) is 5.73 Å². The highest BCUT2D eigenvalue weighted by molar-refractivity contribution is 7.98. The van der Waals surface area contributed by atoms with Crippen LogP contribution in [0.4, 0.5) is 0 Å².